The molecule has 0 saturated carbocycles. The largest absolute Gasteiger partial charge is 0.337 e. The number of pyridine rings is 1. The molecule has 0 aromatic carbocycles. The molecule has 1 unspecified atom stereocenters. The number of amides is 2. The topological polar surface area (TPSA) is 118 Å². The first kappa shape index (κ1) is 18.7. The van der Waals surface area contributed by atoms with Gasteiger partial charge >= 0.3 is 0 Å². The van der Waals surface area contributed by atoms with Gasteiger partial charge in [-0.05, 0) is 25.5 Å². The van der Waals surface area contributed by atoms with E-state index in [0.717, 1.165) is 0 Å². The van der Waals surface area contributed by atoms with Crippen LogP contribution in [0, 0.1) is 6.92 Å². The molecule has 3 aromatic heterocycles. The number of carbonyl (C=O) groups excluding carboxylic acids is 2. The second-order valence-corrected chi connectivity index (χ2v) is 6.67. The summed E-state index contributed by atoms with van der Waals surface area (Å²) in [4.78, 5) is 45.6. The molecule has 1 fully saturated rings. The second-order valence-electron chi connectivity index (χ2n) is 6.67. The van der Waals surface area contributed by atoms with Gasteiger partial charge in [0.05, 0.1) is 17.7 Å². The summed E-state index contributed by atoms with van der Waals surface area (Å²) in [5.41, 5.74) is 0.852. The smallest absolute Gasteiger partial charge is 0.257 e. The van der Waals surface area contributed by atoms with Gasteiger partial charge in [0.25, 0.3) is 17.7 Å². The van der Waals surface area contributed by atoms with Gasteiger partial charge < -0.3 is 14.3 Å². The summed E-state index contributed by atoms with van der Waals surface area (Å²) in [6.45, 7) is 2.85. The van der Waals surface area contributed by atoms with Crippen LogP contribution in [0.2, 0.25) is 0 Å². The van der Waals surface area contributed by atoms with E-state index in [1.54, 1.807) is 35.1 Å². The van der Waals surface area contributed by atoms with E-state index in [4.69, 9.17) is 4.52 Å². The fourth-order valence-electron chi connectivity index (χ4n) is 3.32. The van der Waals surface area contributed by atoms with Crippen molar-refractivity contribution in [1.82, 2.24) is 34.9 Å². The highest BCUT2D eigenvalue weighted by Crippen LogP contribution is 2.26. The monoisotopic (exact) mass is 393 g/mol. The molecule has 1 saturated heterocycles. The summed E-state index contributed by atoms with van der Waals surface area (Å²) in [6, 6.07) is 2.85. The Kier molecular flexibility index (Phi) is 5.23. The van der Waals surface area contributed by atoms with Gasteiger partial charge in [-0.15, -0.1) is 0 Å². The Hall–Kier alpha value is -3.69. The van der Waals surface area contributed by atoms with Crippen molar-refractivity contribution in [2.24, 2.45) is 0 Å². The van der Waals surface area contributed by atoms with Gasteiger partial charge in [0.1, 0.15) is 12.4 Å². The van der Waals surface area contributed by atoms with Crippen molar-refractivity contribution in [2.45, 2.75) is 19.4 Å². The summed E-state index contributed by atoms with van der Waals surface area (Å²) in [5.74, 6) is 0.356. The van der Waals surface area contributed by atoms with Crippen LogP contribution in [0.25, 0.3) is 0 Å². The van der Waals surface area contributed by atoms with Crippen molar-refractivity contribution in [1.29, 1.82) is 0 Å². The quantitative estimate of drug-likeness (QED) is 0.653. The van der Waals surface area contributed by atoms with Gasteiger partial charge in [-0.3, -0.25) is 14.6 Å². The molecule has 0 radical (unpaired) electrons. The summed E-state index contributed by atoms with van der Waals surface area (Å²) in [6.07, 6.45) is 8.07. The Bertz CT molecular complexity index is 993. The maximum absolute atomic E-state index is 13.2. The van der Waals surface area contributed by atoms with E-state index in [1.165, 1.54) is 24.9 Å². The first-order chi connectivity index (χ1) is 14.1. The van der Waals surface area contributed by atoms with Crippen LogP contribution in [-0.4, -0.2) is 66.3 Å². The minimum Gasteiger partial charge on any atom is -0.337 e. The average molecular weight is 393 g/mol. The summed E-state index contributed by atoms with van der Waals surface area (Å²) in [7, 11) is 0. The zero-order valence-electron chi connectivity index (χ0n) is 15.8. The Morgan fingerprint density at radius 1 is 1.07 bits per heavy atom. The molecule has 1 aliphatic heterocycles. The third kappa shape index (κ3) is 3.96. The molecule has 1 aliphatic rings. The number of hydrogen-bond donors (Lipinski definition) is 0. The van der Waals surface area contributed by atoms with Crippen molar-refractivity contribution in [3.63, 3.8) is 0 Å². The highest BCUT2D eigenvalue weighted by atomic mass is 16.5. The highest BCUT2D eigenvalue weighted by Gasteiger charge is 2.35. The molecule has 10 heteroatoms. The SMILES string of the molecule is Cc1noc(C2CN(C(=O)c3cncnc3)CCCN2C(=O)c2cccnc2)n1. The maximum atomic E-state index is 13.2. The average Bonchev–Trinajstić information content (AvgIpc) is 3.07. The van der Waals surface area contributed by atoms with Gasteiger partial charge in [0.15, 0.2) is 5.82 Å². The van der Waals surface area contributed by atoms with Crippen molar-refractivity contribution in [3.05, 3.63) is 66.1 Å². The normalized spacial score (nSPS) is 17.1. The number of rotatable bonds is 3. The minimum absolute atomic E-state index is 0.198. The predicted octanol–water partition coefficient (Wildman–Crippen LogP) is 1.29. The van der Waals surface area contributed by atoms with Gasteiger partial charge in [-0.2, -0.15) is 4.98 Å². The van der Waals surface area contributed by atoms with E-state index >= 15 is 0 Å². The Balaban J connectivity index is 1.66. The Morgan fingerprint density at radius 2 is 1.86 bits per heavy atom. The Labute approximate surface area is 166 Å². The van der Waals surface area contributed by atoms with Gasteiger partial charge in [-0.25, -0.2) is 9.97 Å². The fraction of sp³-hybridized carbons (Fsp3) is 0.316. The Morgan fingerprint density at radius 3 is 2.55 bits per heavy atom. The molecule has 0 aliphatic carbocycles. The second kappa shape index (κ2) is 8.13. The van der Waals surface area contributed by atoms with E-state index in [1.807, 2.05) is 0 Å². The molecular weight excluding hydrogens is 374 g/mol. The van der Waals surface area contributed by atoms with E-state index < -0.39 is 6.04 Å². The lowest BCUT2D eigenvalue weighted by molar-refractivity contribution is 0.0592. The van der Waals surface area contributed by atoms with Gasteiger partial charge in [-0.1, -0.05) is 5.16 Å². The molecule has 10 nitrogen and oxygen atoms in total. The molecule has 1 atom stereocenters. The van der Waals surface area contributed by atoms with Crippen LogP contribution in [0.5, 0.6) is 0 Å². The lowest BCUT2D eigenvalue weighted by atomic mass is 10.1. The molecular formula is C19H19N7O3. The molecule has 4 heterocycles. The van der Waals surface area contributed by atoms with Crippen LogP contribution in [0.1, 0.15) is 44.9 Å². The first-order valence-electron chi connectivity index (χ1n) is 9.19. The van der Waals surface area contributed by atoms with Crippen LogP contribution in [0.3, 0.4) is 0 Å². The van der Waals surface area contributed by atoms with Crippen LogP contribution < -0.4 is 0 Å². The lowest BCUT2D eigenvalue weighted by Crippen LogP contribution is -2.40. The number of aromatic nitrogens is 5. The summed E-state index contributed by atoms with van der Waals surface area (Å²) >= 11 is 0. The van der Waals surface area contributed by atoms with Crippen molar-refractivity contribution in [2.75, 3.05) is 19.6 Å². The molecule has 0 spiro atoms. The van der Waals surface area contributed by atoms with Gasteiger partial charge in [0, 0.05) is 37.9 Å². The van der Waals surface area contributed by atoms with Crippen LogP contribution in [0.4, 0.5) is 0 Å². The van der Waals surface area contributed by atoms with Crippen molar-refractivity contribution in [3.8, 4) is 0 Å². The van der Waals surface area contributed by atoms with E-state index in [-0.39, 0.29) is 18.4 Å². The van der Waals surface area contributed by atoms with Gasteiger partial charge in [0.2, 0.25) is 0 Å². The third-order valence-corrected chi connectivity index (χ3v) is 4.69. The van der Waals surface area contributed by atoms with E-state index in [2.05, 4.69) is 25.1 Å². The highest BCUT2D eigenvalue weighted by molar-refractivity contribution is 5.95. The first-order valence-corrected chi connectivity index (χ1v) is 9.19. The zero-order valence-corrected chi connectivity index (χ0v) is 15.8. The molecule has 0 N–H and O–H groups in total. The number of nitrogens with zero attached hydrogens (tertiary/aromatic N) is 7. The zero-order chi connectivity index (χ0) is 20.2. The standard InChI is InChI=1S/C19H19N7O3/c1-13-23-17(29-24-13)16-11-25(18(27)15-9-21-12-22-10-15)6-3-7-26(16)19(28)14-4-2-5-20-8-14/h2,4-5,8-10,12,16H,3,6-7,11H2,1H3. The molecule has 29 heavy (non-hydrogen) atoms. The molecule has 2 amide bonds. The molecule has 3 aromatic rings. The van der Waals surface area contributed by atoms with E-state index in [9.17, 15) is 9.59 Å². The molecule has 148 valence electrons. The van der Waals surface area contributed by atoms with Crippen molar-refractivity contribution < 1.29 is 14.1 Å². The van der Waals surface area contributed by atoms with Crippen LogP contribution in [-0.2, 0) is 0 Å². The predicted molar refractivity (Wildman–Crippen MR) is 99.6 cm³/mol. The summed E-state index contributed by atoms with van der Waals surface area (Å²) < 4.78 is 5.38. The number of hydrogen-bond acceptors (Lipinski definition) is 8. The number of aryl methyl sites for hydroxylation is 1. The minimum atomic E-state index is -0.569. The molecule has 0 bridgehead atoms. The van der Waals surface area contributed by atoms with Crippen LogP contribution in [0.15, 0.2) is 47.8 Å². The lowest BCUT2D eigenvalue weighted by Gasteiger charge is -2.29. The van der Waals surface area contributed by atoms with E-state index in [0.29, 0.717) is 42.4 Å². The number of carbonyl (C=O) groups is 2. The molecule has 4 rings (SSSR count). The van der Waals surface area contributed by atoms with Crippen molar-refractivity contribution >= 4 is 11.8 Å². The van der Waals surface area contributed by atoms with Crippen LogP contribution >= 0.6 is 0 Å². The maximum Gasteiger partial charge on any atom is 0.257 e. The fourth-order valence-corrected chi connectivity index (χ4v) is 3.32. The third-order valence-electron chi connectivity index (χ3n) is 4.69. The summed E-state index contributed by atoms with van der Waals surface area (Å²) in [5, 5.41) is 3.86.